The lowest BCUT2D eigenvalue weighted by Crippen LogP contribution is -2.43. The first-order valence-electron chi connectivity index (χ1n) is 7.08. The molecule has 0 fully saturated rings. The zero-order chi connectivity index (χ0) is 15.7. The van der Waals surface area contributed by atoms with Crippen LogP contribution in [0, 0.1) is 5.41 Å². The molecule has 0 aliphatic carbocycles. The van der Waals surface area contributed by atoms with Gasteiger partial charge in [-0.3, -0.25) is 4.79 Å². The van der Waals surface area contributed by atoms with Gasteiger partial charge in [0.1, 0.15) is 5.82 Å². The lowest BCUT2D eigenvalue weighted by Gasteiger charge is -2.35. The van der Waals surface area contributed by atoms with Crippen LogP contribution >= 0.6 is 0 Å². The van der Waals surface area contributed by atoms with Crippen molar-refractivity contribution in [2.24, 2.45) is 5.41 Å². The predicted octanol–water partition coefficient (Wildman–Crippen LogP) is 3.29. The molecule has 1 aromatic rings. The molecule has 4 nitrogen and oxygen atoms in total. The van der Waals surface area contributed by atoms with Gasteiger partial charge in [0.2, 0.25) is 0 Å². The highest BCUT2D eigenvalue weighted by molar-refractivity contribution is 5.95. The molecule has 112 valence electrons. The zero-order valence-corrected chi connectivity index (χ0v) is 13.7. The van der Waals surface area contributed by atoms with Crippen molar-refractivity contribution < 1.29 is 4.79 Å². The fourth-order valence-corrected chi connectivity index (χ4v) is 1.95. The third-order valence-corrected chi connectivity index (χ3v) is 3.86. The molecule has 0 saturated carbocycles. The normalized spacial score (nSPS) is 13.4. The van der Waals surface area contributed by atoms with Crippen LogP contribution in [0.25, 0.3) is 0 Å². The number of nitrogens with zero attached hydrogens (tertiary/aromatic N) is 2. The smallest absolute Gasteiger partial charge is 0.254 e. The van der Waals surface area contributed by atoms with Crippen LogP contribution < -0.4 is 5.73 Å². The fraction of sp³-hybridized carbons (Fsp3) is 0.625. The molecule has 20 heavy (non-hydrogen) atoms. The number of rotatable bonds is 3. The number of carbonyl (C=O) groups is 1. The molecule has 0 aliphatic heterocycles. The second-order valence-electron chi connectivity index (χ2n) is 6.82. The molecular weight excluding hydrogens is 250 g/mol. The quantitative estimate of drug-likeness (QED) is 0.922. The Balaban J connectivity index is 3.09. The fourth-order valence-electron chi connectivity index (χ4n) is 1.95. The van der Waals surface area contributed by atoms with Crippen molar-refractivity contribution in [3.63, 3.8) is 0 Å². The number of amides is 1. The van der Waals surface area contributed by atoms with Gasteiger partial charge in [-0.15, -0.1) is 0 Å². The first kappa shape index (κ1) is 16.5. The van der Waals surface area contributed by atoms with Gasteiger partial charge >= 0.3 is 0 Å². The highest BCUT2D eigenvalue weighted by Gasteiger charge is 2.28. The first-order valence-corrected chi connectivity index (χ1v) is 7.08. The van der Waals surface area contributed by atoms with Gasteiger partial charge < -0.3 is 10.6 Å². The highest BCUT2D eigenvalue weighted by atomic mass is 16.2. The van der Waals surface area contributed by atoms with E-state index in [1.54, 1.807) is 11.0 Å². The number of pyridine rings is 1. The molecule has 4 heteroatoms. The van der Waals surface area contributed by atoms with Crippen LogP contribution in [0.2, 0.25) is 0 Å². The lowest BCUT2D eigenvalue weighted by molar-refractivity contribution is 0.0629. The summed E-state index contributed by atoms with van der Waals surface area (Å²) >= 11 is 0. The molecule has 0 spiro atoms. The number of hydrogen-bond acceptors (Lipinski definition) is 3. The van der Waals surface area contributed by atoms with Crippen LogP contribution in [0.15, 0.2) is 12.1 Å². The number of nitrogen functional groups attached to an aromatic ring is 1. The minimum absolute atomic E-state index is 0.0107. The summed E-state index contributed by atoms with van der Waals surface area (Å²) in [7, 11) is 1.84. The van der Waals surface area contributed by atoms with Gasteiger partial charge in [-0.1, -0.05) is 34.6 Å². The molecule has 1 heterocycles. The predicted molar refractivity (Wildman–Crippen MR) is 83.7 cm³/mol. The maximum absolute atomic E-state index is 12.6. The van der Waals surface area contributed by atoms with Gasteiger partial charge in [0.25, 0.3) is 5.91 Å². The molecule has 1 rings (SSSR count). The summed E-state index contributed by atoms with van der Waals surface area (Å²) in [5.74, 6) is 0.634. The maximum Gasteiger partial charge on any atom is 0.254 e. The SMILES string of the molecule is CC(C)c1cc(C(=O)N(C)C(C)C(C)(C)C)cc(N)n1. The molecule has 0 aliphatic rings. The summed E-state index contributed by atoms with van der Waals surface area (Å²) in [6, 6.07) is 3.63. The van der Waals surface area contributed by atoms with E-state index in [1.165, 1.54) is 0 Å². The highest BCUT2D eigenvalue weighted by Crippen LogP contribution is 2.25. The Hall–Kier alpha value is -1.58. The van der Waals surface area contributed by atoms with Gasteiger partial charge in [0, 0.05) is 24.3 Å². The largest absolute Gasteiger partial charge is 0.384 e. The Morgan fingerprint density at radius 1 is 1.25 bits per heavy atom. The topological polar surface area (TPSA) is 59.2 Å². The number of anilines is 1. The number of hydrogen-bond donors (Lipinski definition) is 1. The minimum Gasteiger partial charge on any atom is -0.384 e. The number of aromatic nitrogens is 1. The van der Waals surface area contributed by atoms with E-state index in [2.05, 4.69) is 32.7 Å². The average Bonchev–Trinajstić information content (AvgIpc) is 2.34. The van der Waals surface area contributed by atoms with Crippen LogP contribution in [-0.4, -0.2) is 28.9 Å². The van der Waals surface area contributed by atoms with Crippen LogP contribution in [-0.2, 0) is 0 Å². The van der Waals surface area contributed by atoms with Crippen molar-refractivity contribution in [1.82, 2.24) is 9.88 Å². The standard InChI is InChI=1S/C16H27N3O/c1-10(2)13-8-12(9-14(17)18-13)15(20)19(7)11(3)16(4,5)6/h8-11H,1-7H3,(H2,17,18). The van der Waals surface area contributed by atoms with E-state index in [4.69, 9.17) is 5.73 Å². The van der Waals surface area contributed by atoms with Gasteiger partial charge in [-0.2, -0.15) is 0 Å². The van der Waals surface area contributed by atoms with E-state index >= 15 is 0 Å². The summed E-state index contributed by atoms with van der Waals surface area (Å²) < 4.78 is 0. The van der Waals surface area contributed by atoms with E-state index in [0.717, 1.165) is 5.69 Å². The van der Waals surface area contributed by atoms with E-state index in [0.29, 0.717) is 11.4 Å². The van der Waals surface area contributed by atoms with Crippen LogP contribution in [0.4, 0.5) is 5.82 Å². The van der Waals surface area contributed by atoms with Gasteiger partial charge in [0.15, 0.2) is 0 Å². The number of nitrogens with two attached hydrogens (primary N) is 1. The monoisotopic (exact) mass is 277 g/mol. The first-order chi connectivity index (χ1) is 9.04. The Bertz CT molecular complexity index is 489. The molecule has 0 radical (unpaired) electrons. The van der Waals surface area contributed by atoms with Crippen molar-refractivity contribution in [3.8, 4) is 0 Å². The summed E-state index contributed by atoms with van der Waals surface area (Å²) in [4.78, 5) is 18.7. The molecule has 2 N–H and O–H groups in total. The van der Waals surface area contributed by atoms with Crippen molar-refractivity contribution in [3.05, 3.63) is 23.4 Å². The summed E-state index contributed by atoms with van der Waals surface area (Å²) in [6.07, 6.45) is 0. The van der Waals surface area contributed by atoms with Crippen LogP contribution in [0.3, 0.4) is 0 Å². The van der Waals surface area contributed by atoms with Crippen molar-refractivity contribution >= 4 is 11.7 Å². The molecule has 0 saturated heterocycles. The molecular formula is C16H27N3O. The lowest BCUT2D eigenvalue weighted by atomic mass is 9.87. The molecule has 1 atom stereocenters. The van der Waals surface area contributed by atoms with E-state index in [1.807, 2.05) is 27.0 Å². The molecule has 0 bridgehead atoms. The molecule has 1 amide bonds. The van der Waals surface area contributed by atoms with Gasteiger partial charge in [-0.25, -0.2) is 4.98 Å². The summed E-state index contributed by atoms with van der Waals surface area (Å²) in [5.41, 5.74) is 7.31. The van der Waals surface area contributed by atoms with Crippen molar-refractivity contribution in [2.75, 3.05) is 12.8 Å². The minimum atomic E-state index is -0.0107. The van der Waals surface area contributed by atoms with E-state index < -0.39 is 0 Å². The maximum atomic E-state index is 12.6. The van der Waals surface area contributed by atoms with Crippen molar-refractivity contribution in [1.29, 1.82) is 0 Å². The third kappa shape index (κ3) is 3.71. The second-order valence-corrected chi connectivity index (χ2v) is 6.82. The molecule has 1 unspecified atom stereocenters. The average molecular weight is 277 g/mol. The summed E-state index contributed by atoms with van der Waals surface area (Å²) in [6.45, 7) is 12.5. The van der Waals surface area contributed by atoms with Gasteiger partial charge in [0.05, 0.1) is 0 Å². The Labute approximate surface area is 122 Å². The third-order valence-electron chi connectivity index (χ3n) is 3.86. The van der Waals surface area contributed by atoms with Crippen LogP contribution in [0.5, 0.6) is 0 Å². The number of carbonyl (C=O) groups excluding carboxylic acids is 1. The molecule has 0 aromatic carbocycles. The Kier molecular flexibility index (Phi) is 4.79. The van der Waals surface area contributed by atoms with Crippen LogP contribution in [0.1, 0.15) is 63.5 Å². The van der Waals surface area contributed by atoms with E-state index in [-0.39, 0.29) is 23.3 Å². The van der Waals surface area contributed by atoms with Crippen molar-refractivity contribution in [2.45, 2.75) is 53.5 Å². The Morgan fingerprint density at radius 3 is 2.25 bits per heavy atom. The zero-order valence-electron chi connectivity index (χ0n) is 13.7. The van der Waals surface area contributed by atoms with Gasteiger partial charge in [-0.05, 0) is 30.4 Å². The summed E-state index contributed by atoms with van der Waals surface area (Å²) in [5, 5.41) is 0. The molecule has 1 aromatic heterocycles. The second kappa shape index (κ2) is 5.81. The Morgan fingerprint density at radius 2 is 1.80 bits per heavy atom. The van der Waals surface area contributed by atoms with E-state index in [9.17, 15) is 4.79 Å².